The number of alkyl halides is 1. The monoisotopic (exact) mass is 552 g/mol. The van der Waals surface area contributed by atoms with Crippen molar-refractivity contribution in [2.24, 2.45) is 0 Å². The van der Waals surface area contributed by atoms with Crippen molar-refractivity contribution in [2.45, 2.75) is 82.0 Å². The van der Waals surface area contributed by atoms with Crippen molar-refractivity contribution in [3.63, 3.8) is 0 Å². The van der Waals surface area contributed by atoms with Crippen molar-refractivity contribution in [1.82, 2.24) is 20.2 Å². The summed E-state index contributed by atoms with van der Waals surface area (Å²) in [6, 6.07) is 2.79. The first kappa shape index (κ1) is 26.1. The highest BCUT2D eigenvalue weighted by Gasteiger charge is 2.49. The summed E-state index contributed by atoms with van der Waals surface area (Å²) in [6.45, 7) is 9.52. The fourth-order valence-corrected chi connectivity index (χ4v) is 7.81. The minimum absolute atomic E-state index is 0.0966. The van der Waals surface area contributed by atoms with Gasteiger partial charge in [-0.25, -0.2) is 8.78 Å². The number of piperazine rings is 1. The molecule has 2 aromatic rings. The zero-order chi connectivity index (χ0) is 27.6. The quantitative estimate of drug-likeness (QED) is 0.523. The number of benzene rings is 1. The first-order valence-corrected chi connectivity index (χ1v) is 14.6. The van der Waals surface area contributed by atoms with E-state index in [1.54, 1.807) is 12.1 Å². The first-order valence-electron chi connectivity index (χ1n) is 14.6. The highest BCUT2D eigenvalue weighted by atomic mass is 19.1. The molecule has 40 heavy (non-hydrogen) atoms. The van der Waals surface area contributed by atoms with Crippen LogP contribution in [0.25, 0.3) is 6.08 Å². The Labute approximate surface area is 233 Å². The first-order chi connectivity index (χ1) is 19.3. The number of ether oxygens (including phenoxy) is 2. The molecule has 3 N–H and O–H groups in total. The molecule has 5 atom stereocenters. The van der Waals surface area contributed by atoms with E-state index in [9.17, 15) is 4.39 Å². The lowest BCUT2D eigenvalue weighted by Crippen LogP contribution is -2.52. The fourth-order valence-electron chi connectivity index (χ4n) is 7.81. The zero-order valence-electron chi connectivity index (χ0n) is 23.1. The Balaban J connectivity index is 1.23. The second kappa shape index (κ2) is 9.92. The van der Waals surface area contributed by atoms with Crippen LogP contribution in [-0.2, 0) is 17.8 Å². The van der Waals surface area contributed by atoms with Gasteiger partial charge in [0.25, 0.3) is 0 Å². The predicted octanol–water partition coefficient (Wildman–Crippen LogP) is 3.86. The van der Waals surface area contributed by atoms with Crippen LogP contribution in [0.15, 0.2) is 12.6 Å². The van der Waals surface area contributed by atoms with Gasteiger partial charge in [-0.1, -0.05) is 12.7 Å². The van der Waals surface area contributed by atoms with Crippen LogP contribution in [0.4, 0.5) is 20.3 Å². The van der Waals surface area contributed by atoms with Crippen molar-refractivity contribution in [3.05, 3.63) is 46.4 Å². The van der Waals surface area contributed by atoms with E-state index in [4.69, 9.17) is 25.2 Å². The number of anilines is 2. The molecular formula is C30H38F2N6O2. The van der Waals surface area contributed by atoms with Crippen molar-refractivity contribution >= 4 is 17.6 Å². The average molecular weight is 553 g/mol. The number of aryl methyl sites for hydroxylation is 1. The van der Waals surface area contributed by atoms with E-state index in [0.717, 1.165) is 68.0 Å². The molecule has 1 aromatic heterocycles. The molecule has 0 saturated carbocycles. The molecule has 7 rings (SSSR count). The summed E-state index contributed by atoms with van der Waals surface area (Å²) >= 11 is 0. The molecule has 0 aliphatic carbocycles. The van der Waals surface area contributed by atoms with E-state index in [1.807, 2.05) is 6.92 Å². The maximum absolute atomic E-state index is 15.4. The maximum Gasteiger partial charge on any atom is 0.318 e. The number of hydrogen-bond acceptors (Lipinski definition) is 8. The third-order valence-corrected chi connectivity index (χ3v) is 9.71. The molecular weight excluding hydrogens is 514 g/mol. The molecule has 6 heterocycles. The summed E-state index contributed by atoms with van der Waals surface area (Å²) in [6.07, 6.45) is 5.39. The second-order valence-corrected chi connectivity index (χ2v) is 12.3. The molecule has 0 amide bonds. The number of nitrogens with zero attached hydrogens (tertiary/aromatic N) is 4. The highest BCUT2D eigenvalue weighted by molar-refractivity contribution is 5.63. The Bertz CT molecular complexity index is 1330. The Morgan fingerprint density at radius 2 is 2.08 bits per heavy atom. The third-order valence-electron chi connectivity index (χ3n) is 9.71. The topological polar surface area (TPSA) is 88.8 Å². The summed E-state index contributed by atoms with van der Waals surface area (Å²) in [4.78, 5) is 14.4. The molecule has 0 radical (unpaired) electrons. The fraction of sp³-hybridized carbons (Fsp3) is 0.600. The summed E-state index contributed by atoms with van der Waals surface area (Å²) in [5.74, 6) is 0.362. The minimum atomic E-state index is -0.825. The summed E-state index contributed by atoms with van der Waals surface area (Å²) in [5.41, 5.74) is 9.52. The van der Waals surface area contributed by atoms with Gasteiger partial charge in [-0.2, -0.15) is 9.97 Å². The highest BCUT2D eigenvalue weighted by Crippen LogP contribution is 2.42. The number of fused-ring (bicyclic) bond motifs is 4. The van der Waals surface area contributed by atoms with Gasteiger partial charge in [0.05, 0.1) is 29.6 Å². The second-order valence-electron chi connectivity index (χ2n) is 12.3. The number of nitrogens with two attached hydrogens (primary N) is 1. The van der Waals surface area contributed by atoms with Gasteiger partial charge in [-0.05, 0) is 56.3 Å². The number of aromatic nitrogens is 2. The number of halogens is 2. The normalized spacial score (nSPS) is 31.3. The molecule has 4 fully saturated rings. The van der Waals surface area contributed by atoms with Crippen LogP contribution in [0.1, 0.15) is 66.2 Å². The predicted molar refractivity (Wildman–Crippen MR) is 150 cm³/mol. The smallest absolute Gasteiger partial charge is 0.318 e. The van der Waals surface area contributed by atoms with Crippen LogP contribution in [0.5, 0.6) is 6.01 Å². The van der Waals surface area contributed by atoms with Gasteiger partial charge in [0.15, 0.2) is 5.82 Å². The van der Waals surface area contributed by atoms with E-state index in [-0.39, 0.29) is 17.8 Å². The maximum atomic E-state index is 15.4. The van der Waals surface area contributed by atoms with Gasteiger partial charge in [0, 0.05) is 55.7 Å². The molecule has 10 heteroatoms. The van der Waals surface area contributed by atoms with Gasteiger partial charge in [0.2, 0.25) is 0 Å². The van der Waals surface area contributed by atoms with Gasteiger partial charge in [0.1, 0.15) is 18.6 Å². The molecule has 8 nitrogen and oxygen atoms in total. The van der Waals surface area contributed by atoms with Crippen LogP contribution in [0.2, 0.25) is 0 Å². The van der Waals surface area contributed by atoms with Crippen molar-refractivity contribution in [3.8, 4) is 6.01 Å². The molecule has 4 saturated heterocycles. The van der Waals surface area contributed by atoms with Crippen LogP contribution in [0, 0.1) is 12.7 Å². The van der Waals surface area contributed by atoms with Gasteiger partial charge >= 0.3 is 6.01 Å². The Hall–Kier alpha value is -2.82. The molecule has 2 unspecified atom stereocenters. The van der Waals surface area contributed by atoms with Crippen LogP contribution in [0.3, 0.4) is 0 Å². The Kier molecular flexibility index (Phi) is 6.47. The van der Waals surface area contributed by atoms with E-state index < -0.39 is 18.1 Å². The van der Waals surface area contributed by atoms with E-state index in [0.29, 0.717) is 55.2 Å². The third kappa shape index (κ3) is 4.35. The standard InChI is InChI=1S/C30H38F2N6O2/c1-3-21-17(2)9-23(33)27(32)26(21)25-10-24-22(15-39-25)28(37-13-19-5-6-20(14-37)34-19)36-29(35-24)40-16-30-7-4-8-38(30)12-18(31)11-30/h3,9,18-20,25,34H,1,4-8,10-16,33H2,2H3/t18-,19?,20?,25-,30+/m1/s1. The molecule has 5 aliphatic heterocycles. The van der Waals surface area contributed by atoms with Crippen molar-refractivity contribution in [1.29, 1.82) is 0 Å². The summed E-state index contributed by atoms with van der Waals surface area (Å²) < 4.78 is 42.5. The Morgan fingerprint density at radius 1 is 1.27 bits per heavy atom. The number of hydrogen-bond donors (Lipinski definition) is 2. The molecule has 5 aliphatic rings. The van der Waals surface area contributed by atoms with Gasteiger partial charge < -0.3 is 25.4 Å². The lowest BCUT2D eigenvalue weighted by molar-refractivity contribution is 0.0231. The average Bonchev–Trinajstić information content (AvgIpc) is 3.58. The minimum Gasteiger partial charge on any atom is -0.461 e. The van der Waals surface area contributed by atoms with Crippen LogP contribution < -0.4 is 20.7 Å². The summed E-state index contributed by atoms with van der Waals surface area (Å²) in [7, 11) is 0. The molecule has 2 bridgehead atoms. The van der Waals surface area contributed by atoms with Crippen LogP contribution in [-0.4, -0.2) is 71.4 Å². The number of nitrogens with one attached hydrogen (secondary N) is 1. The number of nitrogen functional groups attached to an aromatic ring is 1. The van der Waals surface area contributed by atoms with Gasteiger partial charge in [-0.3, -0.25) is 4.90 Å². The van der Waals surface area contributed by atoms with Crippen molar-refractivity contribution in [2.75, 3.05) is 43.4 Å². The van der Waals surface area contributed by atoms with E-state index >= 15 is 4.39 Å². The van der Waals surface area contributed by atoms with E-state index in [1.165, 1.54) is 0 Å². The molecule has 1 aromatic carbocycles. The SMILES string of the molecule is C=Cc1c(C)cc(N)c(F)c1[C@H]1Cc2nc(OC[C@@]34CCCN3C[C@H](F)C4)nc(N3CC4CCC(C3)N4)c2CO1. The lowest BCUT2D eigenvalue weighted by Gasteiger charge is -2.37. The summed E-state index contributed by atoms with van der Waals surface area (Å²) in [5, 5.41) is 3.68. The van der Waals surface area contributed by atoms with E-state index in [2.05, 4.69) is 21.7 Å². The molecule has 214 valence electrons. The van der Waals surface area contributed by atoms with Crippen molar-refractivity contribution < 1.29 is 18.3 Å². The van der Waals surface area contributed by atoms with Crippen LogP contribution >= 0.6 is 0 Å². The van der Waals surface area contributed by atoms with Gasteiger partial charge in [-0.15, -0.1) is 0 Å². The zero-order valence-corrected chi connectivity index (χ0v) is 23.1. The Morgan fingerprint density at radius 3 is 2.85 bits per heavy atom. The number of rotatable bonds is 6. The largest absolute Gasteiger partial charge is 0.461 e. The lowest BCUT2D eigenvalue weighted by atomic mass is 9.91. The molecule has 0 spiro atoms.